The molecule has 1 aromatic rings. The van der Waals surface area contributed by atoms with Gasteiger partial charge in [-0.05, 0) is 17.7 Å². The van der Waals surface area contributed by atoms with Gasteiger partial charge in [-0.2, -0.15) is 65.9 Å². The van der Waals surface area contributed by atoms with Crippen LogP contribution in [0.15, 0.2) is 35.9 Å². The molecule has 23 heteroatoms. The first-order valence-electron chi connectivity index (χ1n) is 8.68. The maximum atomic E-state index is 13.8. The van der Waals surface area contributed by atoms with Crippen molar-refractivity contribution < 1.29 is 124 Å². The molecule has 0 saturated heterocycles. The van der Waals surface area contributed by atoms with Gasteiger partial charge in [0.1, 0.15) is 11.9 Å². The molecule has 0 amide bonds. The Hall–Kier alpha value is -1.12. The minimum Gasteiger partial charge on any atom is -0.659 e. The molecule has 0 spiro atoms. The van der Waals surface area contributed by atoms with E-state index >= 15 is 0 Å². The third kappa shape index (κ3) is 7.03. The molecular formula is C16H7F17NaO4P. The second kappa shape index (κ2) is 11.3. The zero-order chi connectivity index (χ0) is 30.6. The van der Waals surface area contributed by atoms with Crippen molar-refractivity contribution in [3.8, 4) is 5.75 Å². The van der Waals surface area contributed by atoms with E-state index in [1.165, 1.54) is 0 Å². The number of alkyl halides is 15. The van der Waals surface area contributed by atoms with Crippen molar-refractivity contribution >= 4 is 7.94 Å². The summed E-state index contributed by atoms with van der Waals surface area (Å²) in [6.07, 6.45) is -15.6. The molecule has 0 aliphatic heterocycles. The molecule has 1 N–H and O–H groups in total. The fourth-order valence-corrected chi connectivity index (χ4v) is 2.89. The van der Waals surface area contributed by atoms with Crippen LogP contribution >= 0.6 is 7.94 Å². The summed E-state index contributed by atoms with van der Waals surface area (Å²) in [5.74, 6) is -51.6. The second-order valence-electron chi connectivity index (χ2n) is 7.06. The SMILES string of the molecule is [Na+].[O-][P+]([O-])(O)Cc1ccc(OC(F)(F)C(F)(F)C(F)(F)/C(F)=C(\F)C(F)(F)C(F)(F)C(F)(F)C(F)(F)F)cc1. The quantitative estimate of drug-likeness (QED) is 0.243. The summed E-state index contributed by atoms with van der Waals surface area (Å²) in [4.78, 5) is 30.0. The first-order valence-corrected chi connectivity index (χ1v) is 10.4. The van der Waals surface area contributed by atoms with Gasteiger partial charge in [0.25, 0.3) is 0 Å². The van der Waals surface area contributed by atoms with Crippen LogP contribution in [0.4, 0.5) is 74.6 Å². The van der Waals surface area contributed by atoms with Gasteiger partial charge in [0, 0.05) is 0 Å². The summed E-state index contributed by atoms with van der Waals surface area (Å²) in [5.41, 5.74) is -0.451. The molecule has 0 heterocycles. The van der Waals surface area contributed by atoms with E-state index in [2.05, 4.69) is 4.74 Å². The Kier molecular flexibility index (Phi) is 11.0. The molecule has 0 aliphatic carbocycles. The van der Waals surface area contributed by atoms with Gasteiger partial charge in [0.2, 0.25) is 11.7 Å². The number of halogens is 17. The predicted molar refractivity (Wildman–Crippen MR) is 84.9 cm³/mol. The van der Waals surface area contributed by atoms with Gasteiger partial charge in [-0.3, -0.25) is 4.89 Å². The summed E-state index contributed by atoms with van der Waals surface area (Å²) in [6, 6.07) is 1.19. The number of rotatable bonds is 10. The van der Waals surface area contributed by atoms with Crippen molar-refractivity contribution in [3.05, 3.63) is 41.5 Å². The van der Waals surface area contributed by atoms with E-state index in [0.29, 0.717) is 12.1 Å². The van der Waals surface area contributed by atoms with Gasteiger partial charge in [-0.15, -0.1) is 0 Å². The van der Waals surface area contributed by atoms with Gasteiger partial charge in [-0.1, -0.05) is 12.1 Å². The van der Waals surface area contributed by atoms with Crippen LogP contribution in [0.2, 0.25) is 0 Å². The summed E-state index contributed by atoms with van der Waals surface area (Å²) in [6.45, 7) is 0. The number of ether oxygens (including phenoxy) is 1. The van der Waals surface area contributed by atoms with E-state index in [1.54, 1.807) is 0 Å². The molecule has 0 aliphatic rings. The molecule has 4 nitrogen and oxygen atoms in total. The van der Waals surface area contributed by atoms with Crippen LogP contribution in [0, 0.1) is 0 Å². The molecule has 0 saturated carbocycles. The van der Waals surface area contributed by atoms with Crippen molar-refractivity contribution in [1.82, 2.24) is 0 Å². The zero-order valence-electron chi connectivity index (χ0n) is 18.1. The summed E-state index contributed by atoms with van der Waals surface area (Å²) in [5, 5.41) is 0. The van der Waals surface area contributed by atoms with E-state index < -0.39 is 79.0 Å². The molecule has 0 aromatic heterocycles. The molecular weight excluding hydrogens is 633 g/mol. The first kappa shape index (κ1) is 37.9. The van der Waals surface area contributed by atoms with E-state index in [1.807, 2.05) is 0 Å². The predicted octanol–water partition coefficient (Wildman–Crippen LogP) is 2.53. The minimum atomic E-state index is -8.16. The number of benzene rings is 1. The Bertz CT molecular complexity index is 1030. The van der Waals surface area contributed by atoms with Gasteiger partial charge in [0.05, 0.1) is 7.94 Å². The maximum Gasteiger partial charge on any atom is 1.00 e. The summed E-state index contributed by atoms with van der Waals surface area (Å²) < 4.78 is 227. The standard InChI is InChI=1S/C16H8F17O4P.Na/c17-8(10(19,20)12(23,24)14(27,28)15(29,30)31)9(18)11(21,22)13(25,26)16(32,33)37-7-3-1-6(2-4-7)5-38(34,35)36;/h1-4H,5H2,(H2,34,35,36);/q;+1/p-1/b9-8+;. The fourth-order valence-electron chi connectivity index (χ4n) is 2.22. The normalized spacial score (nSPS) is 15.5. The maximum absolute atomic E-state index is 13.8. The third-order valence-electron chi connectivity index (χ3n) is 4.20. The van der Waals surface area contributed by atoms with E-state index in [9.17, 15) is 84.4 Å². The van der Waals surface area contributed by atoms with E-state index in [-0.39, 0.29) is 41.7 Å². The van der Waals surface area contributed by atoms with Crippen LogP contribution in [0.5, 0.6) is 5.75 Å². The minimum absolute atomic E-state index is 0. The Morgan fingerprint density at radius 2 is 1.03 bits per heavy atom. The monoisotopic (exact) mass is 640 g/mol. The third-order valence-corrected chi connectivity index (χ3v) is 4.97. The van der Waals surface area contributed by atoms with E-state index in [4.69, 9.17) is 4.89 Å². The van der Waals surface area contributed by atoms with Crippen LogP contribution < -0.4 is 44.1 Å². The zero-order valence-corrected chi connectivity index (χ0v) is 21.0. The second-order valence-corrected chi connectivity index (χ2v) is 8.65. The molecule has 220 valence electrons. The Balaban J connectivity index is 0.0000144. The van der Waals surface area contributed by atoms with Crippen LogP contribution in [0.3, 0.4) is 0 Å². The summed E-state index contributed by atoms with van der Waals surface area (Å²) >= 11 is 0. The molecule has 1 rings (SSSR count). The average molecular weight is 640 g/mol. The fraction of sp³-hybridized carbons (Fsp3) is 0.500. The van der Waals surface area contributed by atoms with Crippen molar-refractivity contribution in [2.45, 2.75) is 48.1 Å². The van der Waals surface area contributed by atoms with Gasteiger partial charge in [0.15, 0.2) is 0 Å². The van der Waals surface area contributed by atoms with Crippen molar-refractivity contribution in [3.63, 3.8) is 0 Å². The largest absolute Gasteiger partial charge is 1.00 e. The number of allylic oxidation sites excluding steroid dienone is 2. The van der Waals surface area contributed by atoms with Gasteiger partial charge in [-0.25, -0.2) is 8.78 Å². The molecule has 39 heavy (non-hydrogen) atoms. The average Bonchev–Trinajstić information content (AvgIpc) is 2.71. The molecule has 0 fully saturated rings. The van der Waals surface area contributed by atoms with Crippen molar-refractivity contribution in [1.29, 1.82) is 0 Å². The Morgan fingerprint density at radius 1 is 0.667 bits per heavy atom. The topological polar surface area (TPSA) is 75.6 Å². The van der Waals surface area contributed by atoms with Gasteiger partial charge >= 0.3 is 71.5 Å². The Labute approximate surface area is 226 Å². The molecule has 0 atom stereocenters. The van der Waals surface area contributed by atoms with Crippen molar-refractivity contribution in [2.24, 2.45) is 0 Å². The van der Waals surface area contributed by atoms with Crippen LogP contribution in [-0.4, -0.2) is 46.8 Å². The number of hydrogen-bond acceptors (Lipinski definition) is 4. The van der Waals surface area contributed by atoms with Crippen LogP contribution in [0.25, 0.3) is 0 Å². The smallest absolute Gasteiger partial charge is 0.659 e. The Morgan fingerprint density at radius 3 is 1.36 bits per heavy atom. The number of hydrogen-bond donors (Lipinski definition) is 1. The van der Waals surface area contributed by atoms with Crippen LogP contribution in [-0.2, 0) is 6.16 Å². The molecule has 1 aromatic carbocycles. The summed E-state index contributed by atoms with van der Waals surface area (Å²) in [7, 11) is -5.02. The molecule has 0 radical (unpaired) electrons. The molecule has 0 bridgehead atoms. The first-order chi connectivity index (χ1) is 16.5. The molecule has 0 unspecified atom stereocenters. The van der Waals surface area contributed by atoms with E-state index in [0.717, 1.165) is 0 Å². The van der Waals surface area contributed by atoms with Crippen LogP contribution in [0.1, 0.15) is 5.56 Å². The van der Waals surface area contributed by atoms with Crippen molar-refractivity contribution in [2.75, 3.05) is 0 Å². The van der Waals surface area contributed by atoms with Gasteiger partial charge < -0.3 is 14.5 Å².